The maximum absolute atomic E-state index is 6.63. The molecule has 238 valence electrons. The highest BCUT2D eigenvalue weighted by Crippen LogP contribution is 2.46. The van der Waals surface area contributed by atoms with Crippen LogP contribution in [0.25, 0.3) is 27.6 Å². The zero-order valence-electron chi connectivity index (χ0n) is 28.5. The smallest absolute Gasteiger partial charge is 0.137 e. The SMILES string of the molecule is Cc1cc(C)c(N2CN(c3cccc(Oc4ccc5c6ccccc6n(-c6cc(C(C)(C)C)ccn6)c5c4)c3)c3ccccc32)c(C)c1. The molecular weight excluding hydrogens is 589 g/mol. The fourth-order valence-corrected chi connectivity index (χ4v) is 7.34. The summed E-state index contributed by atoms with van der Waals surface area (Å²) in [5.41, 5.74) is 12.1. The number of benzene rings is 5. The van der Waals surface area contributed by atoms with Crippen molar-refractivity contribution in [1.29, 1.82) is 0 Å². The molecule has 3 heterocycles. The fourth-order valence-electron chi connectivity index (χ4n) is 7.34. The molecule has 48 heavy (non-hydrogen) atoms. The summed E-state index contributed by atoms with van der Waals surface area (Å²) in [5, 5.41) is 2.37. The van der Waals surface area contributed by atoms with Crippen LogP contribution in [-0.4, -0.2) is 16.2 Å². The highest BCUT2D eigenvalue weighted by molar-refractivity contribution is 6.09. The predicted octanol–water partition coefficient (Wildman–Crippen LogP) is 11.4. The summed E-state index contributed by atoms with van der Waals surface area (Å²) in [4.78, 5) is 9.64. The molecule has 2 aromatic heterocycles. The van der Waals surface area contributed by atoms with Gasteiger partial charge in [0, 0.05) is 40.5 Å². The largest absolute Gasteiger partial charge is 0.457 e. The number of ether oxygens (including phenoxy) is 1. The summed E-state index contributed by atoms with van der Waals surface area (Å²) in [7, 11) is 0. The molecule has 0 unspecified atom stereocenters. The monoisotopic (exact) mass is 628 g/mol. The van der Waals surface area contributed by atoms with Crippen LogP contribution in [0.3, 0.4) is 0 Å². The maximum atomic E-state index is 6.63. The van der Waals surface area contributed by atoms with Crippen molar-refractivity contribution in [1.82, 2.24) is 9.55 Å². The molecule has 0 aliphatic carbocycles. The van der Waals surface area contributed by atoms with E-state index in [1.54, 1.807) is 0 Å². The van der Waals surface area contributed by atoms with Crippen LogP contribution in [0, 0.1) is 20.8 Å². The first kappa shape index (κ1) is 29.8. The minimum atomic E-state index is 0.0143. The van der Waals surface area contributed by atoms with Crippen molar-refractivity contribution in [3.05, 3.63) is 144 Å². The fraction of sp³-hybridized carbons (Fsp3) is 0.186. The maximum Gasteiger partial charge on any atom is 0.137 e. The Bertz CT molecular complexity index is 2320. The number of pyridine rings is 1. The Hall–Kier alpha value is -5.55. The second-order valence-electron chi connectivity index (χ2n) is 14.0. The zero-order valence-corrected chi connectivity index (χ0v) is 28.5. The summed E-state index contributed by atoms with van der Waals surface area (Å²) < 4.78 is 8.89. The molecule has 5 aromatic carbocycles. The third kappa shape index (κ3) is 5.07. The third-order valence-electron chi connectivity index (χ3n) is 9.50. The minimum Gasteiger partial charge on any atom is -0.457 e. The Kier molecular flexibility index (Phi) is 7.03. The second-order valence-corrected chi connectivity index (χ2v) is 14.0. The lowest BCUT2D eigenvalue weighted by atomic mass is 9.88. The van der Waals surface area contributed by atoms with Crippen molar-refractivity contribution in [3.63, 3.8) is 0 Å². The van der Waals surface area contributed by atoms with E-state index in [1.165, 1.54) is 50.1 Å². The molecule has 5 heteroatoms. The summed E-state index contributed by atoms with van der Waals surface area (Å²) in [6.07, 6.45) is 1.92. The summed E-state index contributed by atoms with van der Waals surface area (Å²) in [6, 6.07) is 40.9. The van der Waals surface area contributed by atoms with E-state index in [1.807, 2.05) is 12.3 Å². The number of aromatic nitrogens is 2. The quantitative estimate of drug-likeness (QED) is 0.190. The van der Waals surface area contributed by atoms with E-state index in [-0.39, 0.29) is 5.41 Å². The van der Waals surface area contributed by atoms with E-state index < -0.39 is 0 Å². The van der Waals surface area contributed by atoms with E-state index in [0.29, 0.717) is 0 Å². The van der Waals surface area contributed by atoms with Crippen molar-refractivity contribution in [2.75, 3.05) is 16.5 Å². The zero-order chi connectivity index (χ0) is 33.2. The van der Waals surface area contributed by atoms with Crippen LogP contribution in [0.5, 0.6) is 11.5 Å². The van der Waals surface area contributed by atoms with Crippen LogP contribution in [-0.2, 0) is 5.41 Å². The molecule has 7 aromatic rings. The molecule has 8 rings (SSSR count). The molecule has 0 bridgehead atoms. The van der Waals surface area contributed by atoms with Gasteiger partial charge in [0.15, 0.2) is 0 Å². The first-order valence-corrected chi connectivity index (χ1v) is 16.7. The number of fused-ring (bicyclic) bond motifs is 4. The Morgan fingerprint density at radius 1 is 0.625 bits per heavy atom. The lowest BCUT2D eigenvalue weighted by molar-refractivity contribution is 0.483. The lowest BCUT2D eigenvalue weighted by Crippen LogP contribution is -2.25. The van der Waals surface area contributed by atoms with E-state index >= 15 is 0 Å². The van der Waals surface area contributed by atoms with E-state index in [4.69, 9.17) is 9.72 Å². The van der Waals surface area contributed by atoms with Crippen molar-refractivity contribution >= 4 is 44.6 Å². The van der Waals surface area contributed by atoms with Gasteiger partial charge in [-0.2, -0.15) is 0 Å². The van der Waals surface area contributed by atoms with Gasteiger partial charge in [-0.05, 0) is 97.5 Å². The van der Waals surface area contributed by atoms with E-state index in [0.717, 1.165) is 40.7 Å². The van der Waals surface area contributed by atoms with Crippen molar-refractivity contribution in [2.24, 2.45) is 0 Å². The highest BCUT2D eigenvalue weighted by Gasteiger charge is 2.29. The van der Waals surface area contributed by atoms with Crippen LogP contribution in [0.4, 0.5) is 22.7 Å². The molecule has 0 saturated carbocycles. The van der Waals surface area contributed by atoms with Crippen molar-refractivity contribution < 1.29 is 4.74 Å². The van der Waals surface area contributed by atoms with Gasteiger partial charge in [-0.3, -0.25) is 4.57 Å². The van der Waals surface area contributed by atoms with Gasteiger partial charge in [-0.25, -0.2) is 4.98 Å². The van der Waals surface area contributed by atoms with Crippen LogP contribution in [0.1, 0.15) is 43.0 Å². The number of aryl methyl sites for hydroxylation is 3. The Labute approximate surface area is 282 Å². The Morgan fingerprint density at radius 3 is 2.08 bits per heavy atom. The molecule has 0 saturated heterocycles. The number of hydrogen-bond donors (Lipinski definition) is 0. The minimum absolute atomic E-state index is 0.0143. The molecule has 0 radical (unpaired) electrons. The van der Waals surface area contributed by atoms with Crippen molar-refractivity contribution in [2.45, 2.75) is 47.0 Å². The first-order chi connectivity index (χ1) is 23.2. The molecule has 0 N–H and O–H groups in total. The molecule has 0 fully saturated rings. The van der Waals surface area contributed by atoms with Gasteiger partial charge in [-0.15, -0.1) is 0 Å². The summed E-state index contributed by atoms with van der Waals surface area (Å²) >= 11 is 0. The second kappa shape index (κ2) is 11.3. The number of rotatable bonds is 5. The Morgan fingerprint density at radius 2 is 1.31 bits per heavy atom. The van der Waals surface area contributed by atoms with Crippen LogP contribution >= 0.6 is 0 Å². The third-order valence-corrected chi connectivity index (χ3v) is 9.50. The molecule has 1 aliphatic heterocycles. The van der Waals surface area contributed by atoms with Crippen LogP contribution < -0.4 is 14.5 Å². The molecule has 0 atom stereocenters. The average molecular weight is 629 g/mol. The average Bonchev–Trinajstić information content (AvgIpc) is 3.60. The number of hydrogen-bond acceptors (Lipinski definition) is 4. The van der Waals surface area contributed by atoms with E-state index in [9.17, 15) is 0 Å². The predicted molar refractivity (Wildman–Crippen MR) is 200 cm³/mol. The Balaban J connectivity index is 1.16. The highest BCUT2D eigenvalue weighted by atomic mass is 16.5. The number of anilines is 4. The molecule has 1 aliphatic rings. The van der Waals surface area contributed by atoms with Crippen LogP contribution in [0.2, 0.25) is 0 Å². The van der Waals surface area contributed by atoms with Crippen molar-refractivity contribution in [3.8, 4) is 17.3 Å². The normalized spacial score (nSPS) is 13.0. The number of nitrogens with zero attached hydrogens (tertiary/aromatic N) is 4. The molecule has 5 nitrogen and oxygen atoms in total. The van der Waals surface area contributed by atoms with Gasteiger partial charge in [0.1, 0.15) is 24.0 Å². The lowest BCUT2D eigenvalue weighted by Gasteiger charge is -2.25. The van der Waals surface area contributed by atoms with Gasteiger partial charge in [0.2, 0.25) is 0 Å². The standard InChI is InChI=1S/C43H40N4O/c1-28-22-29(2)42(30(3)23-28)46-27-45(38-16-9-10-17-39(38)46)32-12-11-13-33(25-32)48-34-18-19-36-35-14-7-8-15-37(35)47(40(36)26-34)41-24-31(20-21-44-41)43(4,5)6/h7-26H,27H2,1-6H3. The van der Waals surface area contributed by atoms with Gasteiger partial charge in [-0.1, -0.05) is 74.9 Å². The topological polar surface area (TPSA) is 33.5 Å². The van der Waals surface area contributed by atoms with Gasteiger partial charge in [0.05, 0.1) is 22.4 Å². The molecule has 0 amide bonds. The molecular formula is C43H40N4O. The van der Waals surface area contributed by atoms with Gasteiger partial charge in [0.25, 0.3) is 0 Å². The van der Waals surface area contributed by atoms with Gasteiger partial charge >= 0.3 is 0 Å². The summed E-state index contributed by atoms with van der Waals surface area (Å²) in [6.45, 7) is 14.0. The van der Waals surface area contributed by atoms with Gasteiger partial charge < -0.3 is 14.5 Å². The number of para-hydroxylation sites is 3. The van der Waals surface area contributed by atoms with Crippen LogP contribution in [0.15, 0.2) is 121 Å². The summed E-state index contributed by atoms with van der Waals surface area (Å²) in [5.74, 6) is 2.48. The first-order valence-electron chi connectivity index (χ1n) is 16.7. The van der Waals surface area contributed by atoms with E-state index in [2.05, 4.69) is 165 Å². The molecule has 0 spiro atoms.